The summed E-state index contributed by atoms with van der Waals surface area (Å²) in [5.41, 5.74) is -0.185. The molecule has 4 aliphatic carbocycles. The lowest BCUT2D eigenvalue weighted by molar-refractivity contribution is -0.890. The largest absolute Gasteiger partial charge is 0.393 e. The van der Waals surface area contributed by atoms with Gasteiger partial charge in [0.05, 0.1) is 51.2 Å². The van der Waals surface area contributed by atoms with Gasteiger partial charge in [-0.3, -0.25) is 9.35 Å². The van der Waals surface area contributed by atoms with Crippen molar-refractivity contribution in [2.75, 3.05) is 39.5 Å². The molecule has 4 fully saturated rings. The van der Waals surface area contributed by atoms with Crippen LogP contribution < -0.4 is 5.32 Å². The Morgan fingerprint density at radius 2 is 1.69 bits per heavy atom. The van der Waals surface area contributed by atoms with E-state index in [9.17, 15) is 28.5 Å². The van der Waals surface area contributed by atoms with Crippen molar-refractivity contribution in [3.8, 4) is 0 Å². The highest BCUT2D eigenvalue weighted by atomic mass is 32.2. The number of fused-ring (bicyclic) bond motifs is 5. The number of quaternary nitrogens is 1. The van der Waals surface area contributed by atoms with Crippen molar-refractivity contribution in [1.82, 2.24) is 5.32 Å². The summed E-state index contributed by atoms with van der Waals surface area (Å²) < 4.78 is 31.5. The van der Waals surface area contributed by atoms with E-state index in [0.29, 0.717) is 48.2 Å². The number of aliphatic hydroxyl groups excluding tert-OH is 3. The van der Waals surface area contributed by atoms with Crippen molar-refractivity contribution in [1.29, 1.82) is 0 Å². The third kappa shape index (κ3) is 7.20. The molecule has 0 radical (unpaired) electrons. The SMILES string of the molecule is C[C@@H](CCC(=O)NCCC[N+](C)(C)CCCS(=O)(=O)O)[C@H]1CCC2C3C(C[C@H](O)[C@@]21C)[C@@]1(C)CC[C@@H](O)CC1C[C@H]3O. The molecule has 0 spiro atoms. The normalized spacial score (nSPS) is 41.0. The van der Waals surface area contributed by atoms with Gasteiger partial charge in [0.1, 0.15) is 0 Å². The van der Waals surface area contributed by atoms with Crippen molar-refractivity contribution in [2.45, 2.75) is 110 Å². The summed E-state index contributed by atoms with van der Waals surface area (Å²) in [4.78, 5) is 12.7. The van der Waals surface area contributed by atoms with Crippen LogP contribution in [0.15, 0.2) is 0 Å². The Balaban J connectivity index is 1.27. The third-order valence-electron chi connectivity index (χ3n) is 12.8. The molecule has 1 amide bonds. The fourth-order valence-electron chi connectivity index (χ4n) is 10.3. The molecule has 5 N–H and O–H groups in total. The van der Waals surface area contributed by atoms with Gasteiger partial charge in [-0.05, 0) is 97.7 Å². The zero-order valence-electron chi connectivity index (χ0n) is 26.7. The van der Waals surface area contributed by atoms with Gasteiger partial charge in [-0.2, -0.15) is 8.42 Å². The van der Waals surface area contributed by atoms with Gasteiger partial charge in [-0.25, -0.2) is 0 Å². The second-order valence-corrected chi connectivity index (χ2v) is 17.3. The molecule has 10 heteroatoms. The second-order valence-electron chi connectivity index (χ2n) is 15.8. The Hall–Kier alpha value is -0.780. The van der Waals surface area contributed by atoms with E-state index >= 15 is 0 Å². The van der Waals surface area contributed by atoms with Gasteiger partial charge in [0.2, 0.25) is 5.91 Å². The fourth-order valence-corrected chi connectivity index (χ4v) is 10.8. The predicted molar refractivity (Wildman–Crippen MR) is 163 cm³/mol. The monoisotopic (exact) mass is 615 g/mol. The van der Waals surface area contributed by atoms with Crippen LogP contribution in [0.1, 0.15) is 91.4 Å². The molecule has 4 rings (SSSR count). The summed E-state index contributed by atoms with van der Waals surface area (Å²) in [5, 5.41) is 36.6. The standard InChI is InChI=1S/C32H58N2O7S/c1-21(8-11-29(38)33-14-6-15-34(4,5)16-7-17-42(39,40)41)24-9-10-25-30-26(20-28(37)32(24,25)3)31(2)13-12-23(35)18-22(31)19-27(30)36/h21-28,30,35-37H,6-20H2,1-5H3,(H-,33,38,39,40,41)/p+1/t21-,22?,23+,24+,25?,26?,27+,28-,30?,31-,32+/m0/s1. The molecule has 11 atom stereocenters. The summed E-state index contributed by atoms with van der Waals surface area (Å²) in [5.74, 6) is 1.52. The molecule has 0 aliphatic heterocycles. The first kappa shape index (κ1) is 34.1. The molecule has 4 saturated carbocycles. The Bertz CT molecular complexity index is 1050. The lowest BCUT2D eigenvalue weighted by Crippen LogP contribution is -2.62. The van der Waals surface area contributed by atoms with Crippen LogP contribution >= 0.6 is 0 Å². The first-order valence-electron chi connectivity index (χ1n) is 16.6. The molecular weight excluding hydrogens is 556 g/mol. The zero-order chi connectivity index (χ0) is 31.1. The van der Waals surface area contributed by atoms with E-state index < -0.39 is 16.2 Å². The first-order chi connectivity index (χ1) is 19.5. The number of aliphatic hydroxyl groups is 3. The van der Waals surface area contributed by atoms with Crippen LogP contribution in [0.2, 0.25) is 0 Å². The van der Waals surface area contributed by atoms with Crippen LogP contribution in [0, 0.1) is 46.3 Å². The zero-order valence-corrected chi connectivity index (χ0v) is 27.5. The molecule has 244 valence electrons. The highest BCUT2D eigenvalue weighted by Crippen LogP contribution is 2.68. The minimum atomic E-state index is -3.93. The molecule has 42 heavy (non-hydrogen) atoms. The smallest absolute Gasteiger partial charge is 0.265 e. The van der Waals surface area contributed by atoms with Gasteiger partial charge in [0, 0.05) is 25.8 Å². The predicted octanol–water partition coefficient (Wildman–Crippen LogP) is 3.22. The van der Waals surface area contributed by atoms with E-state index in [1.165, 1.54) is 0 Å². The summed E-state index contributed by atoms with van der Waals surface area (Å²) in [7, 11) is 0.114. The van der Waals surface area contributed by atoms with E-state index in [2.05, 4.69) is 26.1 Å². The Labute approximate surface area is 254 Å². The quantitative estimate of drug-likeness (QED) is 0.129. The second kappa shape index (κ2) is 12.9. The topological polar surface area (TPSA) is 144 Å². The van der Waals surface area contributed by atoms with Crippen molar-refractivity contribution < 1.29 is 37.6 Å². The van der Waals surface area contributed by atoms with Crippen molar-refractivity contribution in [3.63, 3.8) is 0 Å². The number of amides is 1. The maximum absolute atomic E-state index is 12.7. The Kier molecular flexibility index (Phi) is 10.5. The van der Waals surface area contributed by atoms with Crippen LogP contribution in [-0.4, -0.2) is 96.5 Å². The van der Waals surface area contributed by atoms with Gasteiger partial charge in [0.15, 0.2) is 0 Å². The maximum Gasteiger partial charge on any atom is 0.265 e. The highest BCUT2D eigenvalue weighted by molar-refractivity contribution is 7.85. The van der Waals surface area contributed by atoms with Crippen molar-refractivity contribution in [2.24, 2.45) is 46.3 Å². The van der Waals surface area contributed by atoms with Crippen LogP contribution in [0.25, 0.3) is 0 Å². The Morgan fingerprint density at radius 3 is 2.38 bits per heavy atom. The average molecular weight is 616 g/mol. The molecule has 0 aromatic heterocycles. The van der Waals surface area contributed by atoms with E-state index in [4.69, 9.17) is 4.55 Å². The number of rotatable bonds is 12. The lowest BCUT2D eigenvalue weighted by atomic mass is 9.43. The molecule has 0 saturated heterocycles. The number of nitrogens with zero attached hydrogens (tertiary/aromatic N) is 1. The molecule has 4 aliphatic rings. The molecule has 4 unspecified atom stereocenters. The van der Waals surface area contributed by atoms with Gasteiger partial charge in [-0.1, -0.05) is 20.8 Å². The fraction of sp³-hybridized carbons (Fsp3) is 0.969. The first-order valence-corrected chi connectivity index (χ1v) is 18.2. The molecule has 0 aromatic rings. The lowest BCUT2D eigenvalue weighted by Gasteiger charge is -2.63. The molecule has 0 bridgehead atoms. The van der Waals surface area contributed by atoms with Crippen molar-refractivity contribution in [3.05, 3.63) is 0 Å². The van der Waals surface area contributed by atoms with Crippen LogP contribution in [-0.2, 0) is 14.9 Å². The number of hydrogen-bond acceptors (Lipinski definition) is 6. The molecular formula is C32H59N2O7S+. The molecule has 0 aromatic carbocycles. The summed E-state index contributed by atoms with van der Waals surface area (Å²) in [6.45, 7) is 8.87. The highest BCUT2D eigenvalue weighted by Gasteiger charge is 2.65. The van der Waals surface area contributed by atoms with Gasteiger partial charge in [-0.15, -0.1) is 0 Å². The maximum atomic E-state index is 12.7. The minimum absolute atomic E-state index is 0.0450. The van der Waals surface area contributed by atoms with Crippen LogP contribution in [0.4, 0.5) is 0 Å². The molecule has 0 heterocycles. The van der Waals surface area contributed by atoms with Crippen LogP contribution in [0.5, 0.6) is 0 Å². The van der Waals surface area contributed by atoms with Gasteiger partial charge >= 0.3 is 0 Å². The number of carbonyl (C=O) groups is 1. The van der Waals surface area contributed by atoms with E-state index in [-0.39, 0.29) is 52.5 Å². The molecule has 9 nitrogen and oxygen atoms in total. The number of carbonyl (C=O) groups excluding carboxylic acids is 1. The summed E-state index contributed by atoms with van der Waals surface area (Å²) in [6.07, 6.45) is 7.47. The van der Waals surface area contributed by atoms with Crippen LogP contribution in [0.3, 0.4) is 0 Å². The van der Waals surface area contributed by atoms with E-state index in [1.54, 1.807) is 0 Å². The minimum Gasteiger partial charge on any atom is -0.393 e. The average Bonchev–Trinajstić information content (AvgIpc) is 3.24. The summed E-state index contributed by atoms with van der Waals surface area (Å²) >= 11 is 0. The van der Waals surface area contributed by atoms with E-state index in [0.717, 1.165) is 64.3 Å². The number of nitrogens with one attached hydrogen (secondary N) is 1. The summed E-state index contributed by atoms with van der Waals surface area (Å²) in [6, 6.07) is 0. The van der Waals surface area contributed by atoms with Crippen molar-refractivity contribution >= 4 is 16.0 Å². The number of hydrogen-bond donors (Lipinski definition) is 5. The van der Waals surface area contributed by atoms with Gasteiger partial charge < -0.3 is 25.1 Å². The Morgan fingerprint density at radius 1 is 1.00 bits per heavy atom. The third-order valence-corrected chi connectivity index (χ3v) is 13.6. The van der Waals surface area contributed by atoms with E-state index in [1.807, 2.05) is 14.1 Å². The van der Waals surface area contributed by atoms with Gasteiger partial charge in [0.25, 0.3) is 10.1 Å².